The summed E-state index contributed by atoms with van der Waals surface area (Å²) in [7, 11) is 0. The molecule has 0 fully saturated rings. The molecule has 1 N–H and O–H groups in total. The Morgan fingerprint density at radius 1 is 1.12 bits per heavy atom. The van der Waals surface area contributed by atoms with Crippen molar-refractivity contribution < 1.29 is 14.1 Å². The molecule has 5 heteroatoms. The summed E-state index contributed by atoms with van der Waals surface area (Å²) in [5.41, 5.74) is 2.58. The van der Waals surface area contributed by atoms with Gasteiger partial charge in [-0.25, -0.2) is 0 Å². The van der Waals surface area contributed by atoms with Gasteiger partial charge in [-0.2, -0.15) is 0 Å². The Bertz CT molecular complexity index is 857. The van der Waals surface area contributed by atoms with Gasteiger partial charge in [0.25, 0.3) is 5.91 Å². The molecular formula is C20H18N2O3. The van der Waals surface area contributed by atoms with Crippen molar-refractivity contribution in [3.8, 4) is 11.3 Å². The maximum atomic E-state index is 12.7. The smallest absolute Gasteiger partial charge is 0.257 e. The summed E-state index contributed by atoms with van der Waals surface area (Å²) in [5, 5.41) is 6.67. The van der Waals surface area contributed by atoms with Gasteiger partial charge in [-0.05, 0) is 18.9 Å². The van der Waals surface area contributed by atoms with Crippen LogP contribution in [-0.4, -0.2) is 23.4 Å². The van der Waals surface area contributed by atoms with Crippen molar-refractivity contribution >= 4 is 12.2 Å². The van der Waals surface area contributed by atoms with Crippen LogP contribution < -0.4 is 5.32 Å². The number of benzene rings is 2. The molecule has 0 saturated heterocycles. The summed E-state index contributed by atoms with van der Waals surface area (Å²) in [6.45, 7) is 1.71. The van der Waals surface area contributed by atoms with Crippen molar-refractivity contribution in [2.45, 2.75) is 19.4 Å². The van der Waals surface area contributed by atoms with Gasteiger partial charge in [0.15, 0.2) is 5.76 Å². The molecule has 126 valence electrons. The van der Waals surface area contributed by atoms with Gasteiger partial charge >= 0.3 is 0 Å². The van der Waals surface area contributed by atoms with Crippen LogP contribution in [0.15, 0.2) is 65.2 Å². The average molecular weight is 334 g/mol. The highest BCUT2D eigenvalue weighted by atomic mass is 16.5. The predicted molar refractivity (Wildman–Crippen MR) is 94.1 cm³/mol. The third-order valence-electron chi connectivity index (χ3n) is 3.90. The average Bonchev–Trinajstić information content (AvgIpc) is 3.04. The first kappa shape index (κ1) is 16.6. The van der Waals surface area contributed by atoms with E-state index in [0.29, 0.717) is 23.4 Å². The molecule has 3 rings (SSSR count). The number of amides is 1. The minimum atomic E-state index is -0.618. The number of aldehydes is 1. The molecule has 0 aliphatic carbocycles. The van der Waals surface area contributed by atoms with Crippen LogP contribution in [0.3, 0.4) is 0 Å². The van der Waals surface area contributed by atoms with Crippen LogP contribution in [0.5, 0.6) is 0 Å². The first-order valence-electron chi connectivity index (χ1n) is 8.01. The quantitative estimate of drug-likeness (QED) is 0.703. The van der Waals surface area contributed by atoms with Crippen molar-refractivity contribution in [3.63, 3.8) is 0 Å². The van der Waals surface area contributed by atoms with Crippen LogP contribution in [0.1, 0.15) is 21.6 Å². The second kappa shape index (κ2) is 7.57. The molecule has 3 aromatic rings. The summed E-state index contributed by atoms with van der Waals surface area (Å²) in [4.78, 5) is 24.1. The molecule has 0 bridgehead atoms. The number of nitrogens with zero attached hydrogens (tertiary/aromatic N) is 1. The second-order valence-electron chi connectivity index (χ2n) is 5.74. The number of carbonyl (C=O) groups is 2. The van der Waals surface area contributed by atoms with Crippen molar-refractivity contribution in [2.75, 3.05) is 0 Å². The van der Waals surface area contributed by atoms with Crippen molar-refractivity contribution in [1.82, 2.24) is 10.5 Å². The third kappa shape index (κ3) is 3.83. The number of aromatic nitrogens is 1. The van der Waals surface area contributed by atoms with E-state index in [2.05, 4.69) is 10.5 Å². The van der Waals surface area contributed by atoms with Crippen LogP contribution in [0.2, 0.25) is 0 Å². The molecule has 0 radical (unpaired) electrons. The molecule has 1 aromatic heterocycles. The van der Waals surface area contributed by atoms with Gasteiger partial charge in [0.2, 0.25) is 0 Å². The van der Waals surface area contributed by atoms with Crippen LogP contribution in [-0.2, 0) is 11.2 Å². The zero-order valence-corrected chi connectivity index (χ0v) is 13.8. The lowest BCUT2D eigenvalue weighted by molar-refractivity contribution is -0.109. The van der Waals surface area contributed by atoms with Gasteiger partial charge < -0.3 is 14.6 Å². The van der Waals surface area contributed by atoms with E-state index in [1.165, 1.54) is 0 Å². The number of carbonyl (C=O) groups excluding carboxylic acids is 2. The molecule has 1 amide bonds. The molecule has 2 aromatic carbocycles. The Morgan fingerprint density at radius 2 is 1.76 bits per heavy atom. The molecule has 0 aliphatic heterocycles. The van der Waals surface area contributed by atoms with Crippen molar-refractivity contribution in [2.24, 2.45) is 0 Å². The third-order valence-corrected chi connectivity index (χ3v) is 3.90. The molecule has 0 aliphatic rings. The molecule has 0 spiro atoms. The lowest BCUT2D eigenvalue weighted by Gasteiger charge is -2.13. The Kier molecular flexibility index (Phi) is 5.04. The Labute approximate surface area is 145 Å². The van der Waals surface area contributed by atoms with Crippen LogP contribution >= 0.6 is 0 Å². The van der Waals surface area contributed by atoms with Gasteiger partial charge in [0.1, 0.15) is 11.8 Å². The Hall–Kier alpha value is -3.21. The number of rotatable bonds is 6. The standard InChI is InChI=1S/C20H18N2O3/c1-14-18(19(25-22-14)16-10-6-3-7-11-16)20(24)21-17(13-23)12-15-8-4-2-5-9-15/h2-11,13,17H,12H2,1H3,(H,21,24)/t17-/m0/s1. The van der Waals surface area contributed by atoms with E-state index in [9.17, 15) is 9.59 Å². The van der Waals surface area contributed by atoms with Crippen LogP contribution in [0.25, 0.3) is 11.3 Å². The summed E-state index contributed by atoms with van der Waals surface area (Å²) < 4.78 is 5.34. The van der Waals surface area contributed by atoms with E-state index in [4.69, 9.17) is 4.52 Å². The minimum Gasteiger partial charge on any atom is -0.355 e. The lowest BCUT2D eigenvalue weighted by Crippen LogP contribution is -2.38. The number of hydrogen-bond donors (Lipinski definition) is 1. The fourth-order valence-electron chi connectivity index (χ4n) is 2.67. The van der Waals surface area contributed by atoms with E-state index in [1.807, 2.05) is 60.7 Å². The summed E-state index contributed by atoms with van der Waals surface area (Å²) in [6, 6.07) is 18.2. The SMILES string of the molecule is Cc1noc(-c2ccccc2)c1C(=O)N[C@H](C=O)Cc1ccccc1. The maximum Gasteiger partial charge on any atom is 0.257 e. The van der Waals surface area contributed by atoms with E-state index in [-0.39, 0.29) is 5.91 Å². The first-order valence-corrected chi connectivity index (χ1v) is 8.01. The predicted octanol–water partition coefficient (Wildman–Crippen LogP) is 3.19. The van der Waals surface area contributed by atoms with Crippen LogP contribution in [0.4, 0.5) is 0 Å². The van der Waals surface area contributed by atoms with E-state index >= 15 is 0 Å². The molecule has 25 heavy (non-hydrogen) atoms. The number of nitrogens with one attached hydrogen (secondary N) is 1. The minimum absolute atomic E-state index is 0.353. The normalized spacial score (nSPS) is 11.7. The van der Waals surface area contributed by atoms with E-state index < -0.39 is 6.04 Å². The molecule has 0 saturated carbocycles. The van der Waals surface area contributed by atoms with Gasteiger partial charge in [0.05, 0.1) is 11.7 Å². The Balaban J connectivity index is 1.81. The topological polar surface area (TPSA) is 72.2 Å². The summed E-state index contributed by atoms with van der Waals surface area (Å²) >= 11 is 0. The first-order chi connectivity index (χ1) is 12.2. The van der Waals surface area contributed by atoms with Crippen molar-refractivity contribution in [3.05, 3.63) is 77.5 Å². The number of hydrogen-bond acceptors (Lipinski definition) is 4. The highest BCUT2D eigenvalue weighted by molar-refractivity contribution is 6.01. The van der Waals surface area contributed by atoms with Crippen LogP contribution in [0, 0.1) is 6.92 Å². The largest absolute Gasteiger partial charge is 0.355 e. The molecular weight excluding hydrogens is 316 g/mol. The fraction of sp³-hybridized carbons (Fsp3) is 0.150. The fourth-order valence-corrected chi connectivity index (χ4v) is 2.67. The van der Waals surface area contributed by atoms with E-state index in [1.54, 1.807) is 6.92 Å². The zero-order valence-electron chi connectivity index (χ0n) is 13.8. The summed E-state index contributed by atoms with van der Waals surface area (Å²) in [5.74, 6) is 0.0330. The molecule has 1 heterocycles. The highest BCUT2D eigenvalue weighted by Crippen LogP contribution is 2.26. The van der Waals surface area contributed by atoms with Gasteiger partial charge in [-0.1, -0.05) is 65.8 Å². The van der Waals surface area contributed by atoms with Crippen molar-refractivity contribution in [1.29, 1.82) is 0 Å². The Morgan fingerprint density at radius 3 is 2.40 bits per heavy atom. The molecule has 5 nitrogen and oxygen atoms in total. The molecule has 0 unspecified atom stereocenters. The molecule has 1 atom stereocenters. The summed E-state index contributed by atoms with van der Waals surface area (Å²) in [6.07, 6.45) is 1.18. The number of aryl methyl sites for hydroxylation is 1. The van der Waals surface area contributed by atoms with Gasteiger partial charge in [-0.3, -0.25) is 4.79 Å². The zero-order chi connectivity index (χ0) is 17.6. The van der Waals surface area contributed by atoms with Gasteiger partial charge in [-0.15, -0.1) is 0 Å². The van der Waals surface area contributed by atoms with E-state index in [0.717, 1.165) is 17.4 Å². The lowest BCUT2D eigenvalue weighted by atomic mass is 10.0. The van der Waals surface area contributed by atoms with Gasteiger partial charge in [0, 0.05) is 5.56 Å². The highest BCUT2D eigenvalue weighted by Gasteiger charge is 2.23. The maximum absolute atomic E-state index is 12.7. The second-order valence-corrected chi connectivity index (χ2v) is 5.74. The monoisotopic (exact) mass is 334 g/mol.